The van der Waals surface area contributed by atoms with Gasteiger partial charge in [0.25, 0.3) is 5.56 Å². The molecule has 1 N–H and O–H groups in total. The van der Waals surface area contributed by atoms with Crippen LogP contribution < -0.4 is 5.56 Å². The van der Waals surface area contributed by atoms with E-state index in [0.29, 0.717) is 18.2 Å². The van der Waals surface area contributed by atoms with Gasteiger partial charge in [-0.15, -0.1) is 0 Å². The molecule has 0 bridgehead atoms. The minimum Gasteiger partial charge on any atom is -0.372 e. The van der Waals surface area contributed by atoms with Crippen LogP contribution in [0.2, 0.25) is 0 Å². The zero-order valence-corrected chi connectivity index (χ0v) is 14.1. The van der Waals surface area contributed by atoms with Crippen molar-refractivity contribution in [3.63, 3.8) is 0 Å². The van der Waals surface area contributed by atoms with E-state index < -0.39 is 0 Å². The summed E-state index contributed by atoms with van der Waals surface area (Å²) in [5.41, 5.74) is 0.608. The monoisotopic (exact) mass is 325 g/mol. The van der Waals surface area contributed by atoms with Crippen LogP contribution in [0.1, 0.15) is 32.9 Å². The Morgan fingerprint density at radius 3 is 2.77 bits per heavy atom. The van der Waals surface area contributed by atoms with Crippen molar-refractivity contribution in [1.29, 1.82) is 0 Å². The quantitative estimate of drug-likeness (QED) is 0.655. The van der Waals surface area contributed by atoms with Gasteiger partial charge < -0.3 is 14.6 Å². The van der Waals surface area contributed by atoms with E-state index in [1.54, 1.807) is 0 Å². The lowest BCUT2D eigenvalue weighted by molar-refractivity contribution is -0.140. The molecule has 2 unspecified atom stereocenters. The molecule has 0 aliphatic carbocycles. The summed E-state index contributed by atoms with van der Waals surface area (Å²) in [5, 5.41) is 0.513. The molecule has 0 spiro atoms. The van der Waals surface area contributed by atoms with Crippen LogP contribution in [-0.2, 0) is 16.0 Å². The van der Waals surface area contributed by atoms with E-state index in [2.05, 4.69) is 9.97 Å². The van der Waals surface area contributed by atoms with Gasteiger partial charge in [0, 0.05) is 24.8 Å². The number of rotatable bonds is 5. The fourth-order valence-electron chi connectivity index (χ4n) is 2.54. The summed E-state index contributed by atoms with van der Waals surface area (Å²) in [7, 11) is 0. The number of thioether (sulfide) groups is 1. The summed E-state index contributed by atoms with van der Waals surface area (Å²) in [6.45, 7) is 7.21. The van der Waals surface area contributed by atoms with Gasteiger partial charge in [0.1, 0.15) is 0 Å². The molecule has 0 saturated carbocycles. The first kappa shape index (κ1) is 17.0. The van der Waals surface area contributed by atoms with E-state index in [9.17, 15) is 9.59 Å². The van der Waals surface area contributed by atoms with Gasteiger partial charge in [-0.05, 0) is 20.3 Å². The number of carbonyl (C=O) groups is 1. The summed E-state index contributed by atoms with van der Waals surface area (Å²) in [6, 6.07) is 1.51. The third-order valence-electron chi connectivity index (χ3n) is 3.38. The lowest BCUT2D eigenvalue weighted by Gasteiger charge is -2.35. The number of aromatic amines is 1. The number of hydrogen-bond donors (Lipinski definition) is 1. The smallest absolute Gasteiger partial charge is 0.251 e. The molecule has 1 aromatic heterocycles. The third kappa shape index (κ3) is 4.84. The standard InChI is InChI=1S/C15H23N3O3S/c1-4-5-12-6-13(19)17-15(16-12)22-9-14(20)18-7-10(2)21-11(3)8-18/h6,10-11H,4-5,7-9H2,1-3H3,(H,16,17,19). The van der Waals surface area contributed by atoms with Crippen molar-refractivity contribution in [3.8, 4) is 0 Å². The number of ether oxygens (including phenoxy) is 1. The Morgan fingerprint density at radius 2 is 2.14 bits per heavy atom. The molecule has 1 aliphatic heterocycles. The molecule has 22 heavy (non-hydrogen) atoms. The van der Waals surface area contributed by atoms with Crippen molar-refractivity contribution >= 4 is 17.7 Å². The Labute approximate surface area is 134 Å². The molecular weight excluding hydrogens is 302 g/mol. The fourth-order valence-corrected chi connectivity index (χ4v) is 3.34. The molecule has 1 amide bonds. The van der Waals surface area contributed by atoms with Gasteiger partial charge in [-0.3, -0.25) is 9.59 Å². The summed E-state index contributed by atoms with van der Waals surface area (Å²) in [6.07, 6.45) is 1.82. The first-order chi connectivity index (χ1) is 10.5. The fraction of sp³-hybridized carbons (Fsp3) is 0.667. The minimum absolute atomic E-state index is 0.0514. The number of nitrogens with zero attached hydrogens (tertiary/aromatic N) is 2. The Bertz CT molecular complexity index is 565. The van der Waals surface area contributed by atoms with E-state index in [4.69, 9.17) is 4.74 Å². The number of amides is 1. The molecule has 2 atom stereocenters. The van der Waals surface area contributed by atoms with Gasteiger partial charge in [0.15, 0.2) is 5.16 Å². The van der Waals surface area contributed by atoms with Crippen LogP contribution in [0.4, 0.5) is 0 Å². The molecule has 0 aromatic carbocycles. The highest BCUT2D eigenvalue weighted by Crippen LogP contribution is 2.16. The van der Waals surface area contributed by atoms with Crippen molar-refractivity contribution in [1.82, 2.24) is 14.9 Å². The van der Waals surface area contributed by atoms with Crippen molar-refractivity contribution < 1.29 is 9.53 Å². The Kier molecular flexibility index (Phi) is 6.02. The first-order valence-corrected chi connectivity index (χ1v) is 8.62. The average Bonchev–Trinajstić information content (AvgIpc) is 2.43. The van der Waals surface area contributed by atoms with E-state index in [0.717, 1.165) is 18.5 Å². The molecule has 122 valence electrons. The van der Waals surface area contributed by atoms with Gasteiger partial charge in [-0.25, -0.2) is 4.98 Å². The normalized spacial score (nSPS) is 21.9. The zero-order chi connectivity index (χ0) is 16.1. The summed E-state index contributed by atoms with van der Waals surface area (Å²) in [5.74, 6) is 0.327. The molecule has 2 rings (SSSR count). The maximum atomic E-state index is 12.3. The topological polar surface area (TPSA) is 75.3 Å². The molecule has 6 nitrogen and oxygen atoms in total. The SMILES string of the molecule is CCCc1cc(=O)[nH]c(SCC(=O)N2CC(C)OC(C)C2)n1. The lowest BCUT2D eigenvalue weighted by atomic mass is 10.2. The highest BCUT2D eigenvalue weighted by Gasteiger charge is 2.25. The van der Waals surface area contributed by atoms with Crippen LogP contribution in [0.3, 0.4) is 0 Å². The summed E-state index contributed by atoms with van der Waals surface area (Å²) < 4.78 is 5.63. The van der Waals surface area contributed by atoms with Gasteiger partial charge in [0.05, 0.1) is 18.0 Å². The maximum Gasteiger partial charge on any atom is 0.251 e. The second-order valence-corrected chi connectivity index (χ2v) is 6.60. The predicted octanol–water partition coefficient (Wildman–Crippen LogP) is 1.45. The molecule has 1 fully saturated rings. The van der Waals surface area contributed by atoms with E-state index in [1.165, 1.54) is 17.8 Å². The molecule has 1 aromatic rings. The van der Waals surface area contributed by atoms with Crippen LogP contribution in [0, 0.1) is 0 Å². The molecule has 1 saturated heterocycles. The predicted molar refractivity (Wildman–Crippen MR) is 86.2 cm³/mol. The number of aryl methyl sites for hydroxylation is 1. The third-order valence-corrected chi connectivity index (χ3v) is 4.24. The number of H-pyrrole nitrogens is 1. The lowest BCUT2D eigenvalue weighted by Crippen LogP contribution is -2.48. The Balaban J connectivity index is 1.94. The van der Waals surface area contributed by atoms with E-state index >= 15 is 0 Å². The molecule has 2 heterocycles. The Hall–Kier alpha value is -1.34. The minimum atomic E-state index is -0.165. The second kappa shape index (κ2) is 7.78. The van der Waals surface area contributed by atoms with Crippen LogP contribution in [-0.4, -0.2) is 51.8 Å². The van der Waals surface area contributed by atoms with Crippen LogP contribution >= 0.6 is 11.8 Å². The number of hydrogen-bond acceptors (Lipinski definition) is 5. The first-order valence-electron chi connectivity index (χ1n) is 7.64. The van der Waals surface area contributed by atoms with Crippen molar-refractivity contribution in [2.75, 3.05) is 18.8 Å². The summed E-state index contributed by atoms with van der Waals surface area (Å²) >= 11 is 1.28. The van der Waals surface area contributed by atoms with Crippen molar-refractivity contribution in [3.05, 3.63) is 22.1 Å². The van der Waals surface area contributed by atoms with Crippen LogP contribution in [0.15, 0.2) is 16.0 Å². The maximum absolute atomic E-state index is 12.3. The molecule has 1 aliphatic rings. The number of morpholine rings is 1. The van der Waals surface area contributed by atoms with Gasteiger partial charge >= 0.3 is 0 Å². The molecular formula is C15H23N3O3S. The number of carbonyl (C=O) groups excluding carboxylic acids is 1. The Morgan fingerprint density at radius 1 is 1.45 bits per heavy atom. The number of nitrogens with one attached hydrogen (secondary N) is 1. The van der Waals surface area contributed by atoms with Crippen LogP contribution in [0.25, 0.3) is 0 Å². The average molecular weight is 325 g/mol. The zero-order valence-electron chi connectivity index (χ0n) is 13.3. The number of aromatic nitrogens is 2. The van der Waals surface area contributed by atoms with Gasteiger partial charge in [0.2, 0.25) is 5.91 Å². The highest BCUT2D eigenvalue weighted by molar-refractivity contribution is 7.99. The van der Waals surface area contributed by atoms with Gasteiger partial charge in [-0.1, -0.05) is 25.1 Å². The largest absolute Gasteiger partial charge is 0.372 e. The van der Waals surface area contributed by atoms with E-state index in [-0.39, 0.29) is 29.4 Å². The van der Waals surface area contributed by atoms with Gasteiger partial charge in [-0.2, -0.15) is 0 Å². The molecule has 0 radical (unpaired) electrons. The molecule has 7 heteroatoms. The van der Waals surface area contributed by atoms with Crippen molar-refractivity contribution in [2.24, 2.45) is 0 Å². The summed E-state index contributed by atoms with van der Waals surface area (Å²) in [4.78, 5) is 32.8. The second-order valence-electron chi connectivity index (χ2n) is 5.64. The van der Waals surface area contributed by atoms with Crippen LogP contribution in [0.5, 0.6) is 0 Å². The van der Waals surface area contributed by atoms with E-state index in [1.807, 2.05) is 25.7 Å². The highest BCUT2D eigenvalue weighted by atomic mass is 32.2. The van der Waals surface area contributed by atoms with Crippen molar-refractivity contribution in [2.45, 2.75) is 51.0 Å².